The van der Waals surface area contributed by atoms with Crippen LogP contribution in [0.4, 0.5) is 5.82 Å². The van der Waals surface area contributed by atoms with E-state index in [0.717, 1.165) is 30.0 Å². The van der Waals surface area contributed by atoms with Gasteiger partial charge < -0.3 is 5.32 Å². The molecule has 0 aliphatic rings. The summed E-state index contributed by atoms with van der Waals surface area (Å²) in [6.07, 6.45) is 3.71. The minimum atomic E-state index is 0.914. The van der Waals surface area contributed by atoms with E-state index in [9.17, 15) is 0 Å². The van der Waals surface area contributed by atoms with Crippen LogP contribution in [0.5, 0.6) is 0 Å². The van der Waals surface area contributed by atoms with Crippen molar-refractivity contribution in [3.05, 3.63) is 17.6 Å². The third-order valence-corrected chi connectivity index (χ3v) is 1.83. The molecule has 3 heteroatoms. The number of hydrogen-bond donors (Lipinski definition) is 1. The Bertz CT molecular complexity index is 258. The minimum absolute atomic E-state index is 0.914. The zero-order chi connectivity index (χ0) is 8.97. The van der Waals surface area contributed by atoms with Crippen molar-refractivity contribution in [2.75, 3.05) is 12.4 Å². The molecule has 0 unspecified atom stereocenters. The van der Waals surface area contributed by atoms with E-state index in [0.29, 0.717) is 0 Å². The van der Waals surface area contributed by atoms with Gasteiger partial charge in [-0.15, -0.1) is 0 Å². The summed E-state index contributed by atoms with van der Waals surface area (Å²) in [4.78, 5) is 8.72. The van der Waals surface area contributed by atoms with E-state index in [4.69, 9.17) is 0 Å². The van der Waals surface area contributed by atoms with Crippen LogP contribution in [0.1, 0.15) is 25.2 Å². The Labute approximate surface area is 73.2 Å². The van der Waals surface area contributed by atoms with Crippen molar-refractivity contribution >= 4 is 5.82 Å². The van der Waals surface area contributed by atoms with E-state index in [2.05, 4.69) is 29.1 Å². The van der Waals surface area contributed by atoms with Crippen molar-refractivity contribution in [2.45, 2.75) is 26.7 Å². The minimum Gasteiger partial charge on any atom is -0.372 e. The van der Waals surface area contributed by atoms with E-state index >= 15 is 0 Å². The maximum atomic E-state index is 4.41. The van der Waals surface area contributed by atoms with Gasteiger partial charge in [0.25, 0.3) is 0 Å². The average molecular weight is 165 g/mol. The molecule has 1 heterocycles. The molecule has 0 radical (unpaired) electrons. The van der Waals surface area contributed by atoms with Gasteiger partial charge in [0.15, 0.2) is 0 Å². The van der Waals surface area contributed by atoms with Gasteiger partial charge in [-0.2, -0.15) is 0 Å². The van der Waals surface area contributed by atoms with Gasteiger partial charge in [0.05, 0.1) is 11.4 Å². The molecule has 0 aromatic carbocycles. The van der Waals surface area contributed by atoms with E-state index in [1.165, 1.54) is 0 Å². The summed E-state index contributed by atoms with van der Waals surface area (Å²) in [6, 6.07) is 0. The molecule has 1 aromatic heterocycles. The molecule has 66 valence electrons. The second-order valence-electron chi connectivity index (χ2n) is 2.61. The summed E-state index contributed by atoms with van der Waals surface area (Å²) in [7, 11) is 1.88. The Balaban J connectivity index is 3.02. The number of nitrogens with zero attached hydrogens (tertiary/aromatic N) is 2. The quantitative estimate of drug-likeness (QED) is 0.740. The van der Waals surface area contributed by atoms with Gasteiger partial charge in [0.2, 0.25) is 0 Å². The second-order valence-corrected chi connectivity index (χ2v) is 2.61. The van der Waals surface area contributed by atoms with Crippen LogP contribution in [-0.4, -0.2) is 17.0 Å². The molecule has 0 bridgehead atoms. The van der Waals surface area contributed by atoms with E-state index in [1.54, 1.807) is 0 Å². The monoisotopic (exact) mass is 165 g/mol. The second kappa shape index (κ2) is 4.04. The number of rotatable bonds is 3. The number of hydrogen-bond acceptors (Lipinski definition) is 3. The smallest absolute Gasteiger partial charge is 0.147 e. The van der Waals surface area contributed by atoms with Crippen molar-refractivity contribution in [2.24, 2.45) is 0 Å². The van der Waals surface area contributed by atoms with Crippen molar-refractivity contribution in [1.29, 1.82) is 0 Å². The highest BCUT2D eigenvalue weighted by molar-refractivity contribution is 5.39. The maximum absolute atomic E-state index is 4.41. The Hall–Kier alpha value is -1.12. The lowest BCUT2D eigenvalue weighted by atomic mass is 10.3. The number of nitrogens with one attached hydrogen (secondary N) is 1. The number of anilines is 1. The number of aromatic nitrogens is 2. The summed E-state index contributed by atoms with van der Waals surface area (Å²) in [5.74, 6) is 0.914. The highest BCUT2D eigenvalue weighted by Crippen LogP contribution is 2.10. The fourth-order valence-corrected chi connectivity index (χ4v) is 1.08. The lowest BCUT2D eigenvalue weighted by Crippen LogP contribution is -2.03. The third kappa shape index (κ3) is 1.72. The molecule has 1 N–H and O–H groups in total. The molecule has 0 spiro atoms. The zero-order valence-electron chi connectivity index (χ0n) is 7.89. The van der Waals surface area contributed by atoms with Gasteiger partial charge in [-0.3, -0.25) is 4.98 Å². The fraction of sp³-hybridized carbons (Fsp3) is 0.556. The largest absolute Gasteiger partial charge is 0.372 e. The van der Waals surface area contributed by atoms with Crippen LogP contribution < -0.4 is 5.32 Å². The summed E-state index contributed by atoms with van der Waals surface area (Å²) < 4.78 is 0. The highest BCUT2D eigenvalue weighted by Gasteiger charge is 2.02. The molecule has 12 heavy (non-hydrogen) atoms. The van der Waals surface area contributed by atoms with Gasteiger partial charge >= 0.3 is 0 Å². The van der Waals surface area contributed by atoms with Crippen LogP contribution in [-0.2, 0) is 12.8 Å². The number of aryl methyl sites for hydroxylation is 2. The molecule has 0 amide bonds. The zero-order valence-corrected chi connectivity index (χ0v) is 7.89. The van der Waals surface area contributed by atoms with E-state index < -0.39 is 0 Å². The summed E-state index contributed by atoms with van der Waals surface area (Å²) in [5.41, 5.74) is 2.08. The average Bonchev–Trinajstić information content (AvgIpc) is 2.16. The first-order valence-corrected chi connectivity index (χ1v) is 4.34. The predicted octanol–water partition coefficient (Wildman–Crippen LogP) is 1.64. The Morgan fingerprint density at radius 1 is 1.33 bits per heavy atom. The predicted molar refractivity (Wildman–Crippen MR) is 50.3 cm³/mol. The molecule has 0 atom stereocenters. The molecule has 3 nitrogen and oxygen atoms in total. The molecule has 0 aliphatic heterocycles. The molecule has 1 rings (SSSR count). The summed E-state index contributed by atoms with van der Waals surface area (Å²) in [5, 5.41) is 3.05. The summed E-state index contributed by atoms with van der Waals surface area (Å²) in [6.45, 7) is 4.16. The Morgan fingerprint density at radius 2 is 2.08 bits per heavy atom. The molecule has 0 aliphatic carbocycles. The van der Waals surface area contributed by atoms with Gasteiger partial charge in [0, 0.05) is 13.2 Å². The first-order valence-electron chi connectivity index (χ1n) is 4.34. The van der Waals surface area contributed by atoms with Crippen LogP contribution in [0.15, 0.2) is 6.20 Å². The lowest BCUT2D eigenvalue weighted by molar-refractivity contribution is 0.939. The first-order chi connectivity index (χ1) is 5.81. The molecular formula is C9H15N3. The fourth-order valence-electron chi connectivity index (χ4n) is 1.08. The molecular weight excluding hydrogens is 150 g/mol. The van der Waals surface area contributed by atoms with Crippen LogP contribution in [0, 0.1) is 0 Å². The molecule has 1 aromatic rings. The molecule has 0 saturated heterocycles. The third-order valence-electron chi connectivity index (χ3n) is 1.83. The van der Waals surface area contributed by atoms with Crippen LogP contribution >= 0.6 is 0 Å². The maximum Gasteiger partial charge on any atom is 0.147 e. The first kappa shape index (κ1) is 8.97. The van der Waals surface area contributed by atoms with Crippen molar-refractivity contribution in [3.8, 4) is 0 Å². The van der Waals surface area contributed by atoms with Crippen molar-refractivity contribution in [1.82, 2.24) is 9.97 Å². The topological polar surface area (TPSA) is 37.8 Å². The van der Waals surface area contributed by atoms with Gasteiger partial charge in [-0.05, 0) is 12.8 Å². The van der Waals surface area contributed by atoms with Gasteiger partial charge in [0.1, 0.15) is 5.82 Å². The van der Waals surface area contributed by atoms with Gasteiger partial charge in [-0.25, -0.2) is 4.98 Å². The molecule has 0 saturated carbocycles. The van der Waals surface area contributed by atoms with E-state index in [-0.39, 0.29) is 0 Å². The molecule has 0 fully saturated rings. The van der Waals surface area contributed by atoms with Crippen LogP contribution in [0.25, 0.3) is 0 Å². The SMILES string of the molecule is CCc1cnc(CC)c(NC)n1. The van der Waals surface area contributed by atoms with Crippen molar-refractivity contribution < 1.29 is 0 Å². The van der Waals surface area contributed by atoms with Gasteiger partial charge in [-0.1, -0.05) is 13.8 Å². The van der Waals surface area contributed by atoms with Crippen molar-refractivity contribution in [3.63, 3.8) is 0 Å². The lowest BCUT2D eigenvalue weighted by Gasteiger charge is -2.06. The Morgan fingerprint density at radius 3 is 2.58 bits per heavy atom. The normalized spacial score (nSPS) is 9.92. The summed E-state index contributed by atoms with van der Waals surface area (Å²) >= 11 is 0. The van der Waals surface area contributed by atoms with Crippen LogP contribution in [0.3, 0.4) is 0 Å². The standard InChI is InChI=1S/C9H15N3/c1-4-7-6-11-8(5-2)9(10-3)12-7/h6H,4-5H2,1-3H3,(H,10,12). The highest BCUT2D eigenvalue weighted by atomic mass is 15.0. The van der Waals surface area contributed by atoms with E-state index in [1.807, 2.05) is 13.2 Å². The van der Waals surface area contributed by atoms with Crippen LogP contribution in [0.2, 0.25) is 0 Å². The Kier molecular flexibility index (Phi) is 3.02.